The molecule has 0 saturated heterocycles. The molecule has 30 heavy (non-hydrogen) atoms. The van der Waals surface area contributed by atoms with Crippen molar-refractivity contribution in [3.05, 3.63) is 59.6 Å². The fourth-order valence-corrected chi connectivity index (χ4v) is 3.09. The lowest BCUT2D eigenvalue weighted by atomic mass is 10.1. The van der Waals surface area contributed by atoms with E-state index in [0.29, 0.717) is 28.8 Å². The van der Waals surface area contributed by atoms with Crippen LogP contribution in [0.15, 0.2) is 47.1 Å². The quantitative estimate of drug-likeness (QED) is 0.451. The van der Waals surface area contributed by atoms with Crippen LogP contribution in [0.5, 0.6) is 0 Å². The average Bonchev–Trinajstić information content (AvgIpc) is 3.47. The van der Waals surface area contributed by atoms with Gasteiger partial charge in [-0.2, -0.15) is 8.78 Å². The molecule has 0 saturated carbocycles. The van der Waals surface area contributed by atoms with E-state index in [0.717, 1.165) is 16.6 Å². The van der Waals surface area contributed by atoms with Crippen LogP contribution < -0.4 is 0 Å². The van der Waals surface area contributed by atoms with Gasteiger partial charge in [-0.15, -0.1) is 15.3 Å². The van der Waals surface area contributed by atoms with Gasteiger partial charge in [0.25, 0.3) is 5.89 Å². The SMILES string of the molecule is FC(F)c1nnc(-c2ccc(Cn3cc(-c4ccc5nc(Cl)[nH]c5c4)nn3)nc2)o1. The van der Waals surface area contributed by atoms with Crippen molar-refractivity contribution < 1.29 is 13.2 Å². The van der Waals surface area contributed by atoms with Crippen LogP contribution in [0.3, 0.4) is 0 Å². The van der Waals surface area contributed by atoms with Crippen LogP contribution in [0.2, 0.25) is 5.28 Å². The Balaban J connectivity index is 1.33. The summed E-state index contributed by atoms with van der Waals surface area (Å²) in [6.07, 6.45) is 0.457. The average molecular weight is 429 g/mol. The Bertz CT molecular complexity index is 1330. The summed E-state index contributed by atoms with van der Waals surface area (Å²) >= 11 is 5.89. The fourth-order valence-electron chi connectivity index (χ4n) is 2.90. The number of benzene rings is 1. The minimum Gasteiger partial charge on any atom is -0.415 e. The van der Waals surface area contributed by atoms with Crippen molar-refractivity contribution >= 4 is 22.6 Å². The highest BCUT2D eigenvalue weighted by atomic mass is 35.5. The number of pyridine rings is 1. The molecule has 1 aromatic carbocycles. The summed E-state index contributed by atoms with van der Waals surface area (Å²) in [4.78, 5) is 11.4. The lowest BCUT2D eigenvalue weighted by Crippen LogP contribution is -2.02. The van der Waals surface area contributed by atoms with Gasteiger partial charge in [-0.3, -0.25) is 4.98 Å². The van der Waals surface area contributed by atoms with Crippen LogP contribution in [0.25, 0.3) is 33.7 Å². The number of fused-ring (bicyclic) bond motifs is 1. The van der Waals surface area contributed by atoms with Crippen LogP contribution >= 0.6 is 11.6 Å². The number of imidazole rings is 1. The summed E-state index contributed by atoms with van der Waals surface area (Å²) in [6.45, 7) is 0.373. The third kappa shape index (κ3) is 3.50. The first kappa shape index (κ1) is 18.3. The summed E-state index contributed by atoms with van der Waals surface area (Å²) in [5.41, 5.74) is 4.26. The molecule has 0 atom stereocenters. The molecule has 4 heterocycles. The Kier molecular flexibility index (Phi) is 4.43. The third-order valence-corrected chi connectivity index (χ3v) is 4.49. The van der Waals surface area contributed by atoms with Crippen molar-refractivity contribution in [3.8, 4) is 22.7 Å². The van der Waals surface area contributed by atoms with E-state index in [9.17, 15) is 8.78 Å². The molecule has 0 amide bonds. The maximum atomic E-state index is 12.6. The van der Waals surface area contributed by atoms with Crippen LogP contribution in [-0.2, 0) is 6.54 Å². The number of rotatable bonds is 5. The van der Waals surface area contributed by atoms with Crippen LogP contribution in [0.1, 0.15) is 18.0 Å². The molecule has 5 rings (SSSR count). The van der Waals surface area contributed by atoms with Gasteiger partial charge < -0.3 is 9.40 Å². The monoisotopic (exact) mass is 428 g/mol. The van der Waals surface area contributed by atoms with Gasteiger partial charge in [-0.1, -0.05) is 11.3 Å². The number of alkyl halides is 2. The number of hydrogen-bond donors (Lipinski definition) is 1. The Morgan fingerprint density at radius 2 is 1.97 bits per heavy atom. The molecule has 5 aromatic rings. The van der Waals surface area contributed by atoms with Crippen molar-refractivity contribution in [1.82, 2.24) is 40.1 Å². The van der Waals surface area contributed by atoms with Gasteiger partial charge in [0.15, 0.2) is 0 Å². The van der Waals surface area contributed by atoms with E-state index in [-0.39, 0.29) is 5.89 Å². The van der Waals surface area contributed by atoms with E-state index in [4.69, 9.17) is 16.0 Å². The zero-order valence-corrected chi connectivity index (χ0v) is 15.8. The molecule has 12 heteroatoms. The first-order chi connectivity index (χ1) is 14.5. The molecule has 0 unspecified atom stereocenters. The first-order valence-corrected chi connectivity index (χ1v) is 9.05. The van der Waals surface area contributed by atoms with E-state index in [1.807, 2.05) is 18.2 Å². The molecule has 0 spiro atoms. The summed E-state index contributed by atoms with van der Waals surface area (Å²) in [5.74, 6) is -0.735. The zero-order valence-electron chi connectivity index (χ0n) is 15.0. The summed E-state index contributed by atoms with van der Waals surface area (Å²) < 4.78 is 31.7. The topological polar surface area (TPSA) is 111 Å². The molecule has 0 aliphatic carbocycles. The van der Waals surface area contributed by atoms with Gasteiger partial charge in [0.05, 0.1) is 35.0 Å². The molecule has 0 radical (unpaired) electrons. The number of nitrogens with one attached hydrogen (secondary N) is 1. The fraction of sp³-hybridized carbons (Fsp3) is 0.111. The number of aromatic nitrogens is 8. The number of aromatic amines is 1. The summed E-state index contributed by atoms with van der Waals surface area (Å²) in [7, 11) is 0. The van der Waals surface area contributed by atoms with Gasteiger partial charge in [-0.05, 0) is 35.9 Å². The highest BCUT2D eigenvalue weighted by molar-refractivity contribution is 6.29. The van der Waals surface area contributed by atoms with E-state index < -0.39 is 12.3 Å². The number of H-pyrrole nitrogens is 1. The highest BCUT2D eigenvalue weighted by Crippen LogP contribution is 2.24. The standard InChI is InChI=1S/C18H11ClF2N8O/c19-18-23-12-4-2-9(5-13(12)24-18)14-8-29(28-25-14)7-11-3-1-10(6-22-11)16-26-27-17(30-16)15(20)21/h1-6,8,15H,7H2,(H,23,24). The van der Waals surface area contributed by atoms with Gasteiger partial charge in [-0.25, -0.2) is 9.67 Å². The van der Waals surface area contributed by atoms with E-state index in [1.54, 1.807) is 23.0 Å². The second-order valence-corrected chi connectivity index (χ2v) is 6.70. The number of hydrogen-bond acceptors (Lipinski definition) is 7. The molecule has 0 aliphatic rings. The largest absolute Gasteiger partial charge is 0.415 e. The van der Waals surface area contributed by atoms with E-state index >= 15 is 0 Å². The number of nitrogens with zero attached hydrogens (tertiary/aromatic N) is 7. The maximum Gasteiger partial charge on any atom is 0.314 e. The van der Waals surface area contributed by atoms with Crippen LogP contribution in [0, 0.1) is 0 Å². The minimum absolute atomic E-state index is 0.0123. The molecular weight excluding hydrogens is 418 g/mol. The van der Waals surface area contributed by atoms with Crippen molar-refractivity contribution in [2.24, 2.45) is 0 Å². The van der Waals surface area contributed by atoms with Gasteiger partial charge in [0.2, 0.25) is 11.2 Å². The van der Waals surface area contributed by atoms with Crippen LogP contribution in [-0.4, -0.2) is 40.1 Å². The predicted octanol–water partition coefficient (Wildman–Crippen LogP) is 3.91. The Labute approximate surface area is 171 Å². The molecule has 0 fully saturated rings. The summed E-state index contributed by atoms with van der Waals surface area (Å²) in [6, 6.07) is 9.02. The molecular formula is C18H11ClF2N8O. The molecule has 0 bridgehead atoms. The van der Waals surface area contributed by atoms with E-state index in [1.165, 1.54) is 6.20 Å². The highest BCUT2D eigenvalue weighted by Gasteiger charge is 2.17. The second-order valence-electron chi connectivity index (χ2n) is 6.35. The predicted molar refractivity (Wildman–Crippen MR) is 102 cm³/mol. The molecule has 1 N–H and O–H groups in total. The van der Waals surface area contributed by atoms with E-state index in [2.05, 4.69) is 35.5 Å². The third-order valence-electron chi connectivity index (χ3n) is 4.31. The Morgan fingerprint density at radius 3 is 2.73 bits per heavy atom. The molecule has 150 valence electrons. The lowest BCUT2D eigenvalue weighted by molar-refractivity contribution is 0.116. The smallest absolute Gasteiger partial charge is 0.314 e. The first-order valence-electron chi connectivity index (χ1n) is 8.68. The maximum absolute atomic E-state index is 12.6. The Morgan fingerprint density at radius 1 is 1.10 bits per heavy atom. The van der Waals surface area contributed by atoms with Gasteiger partial charge in [0, 0.05) is 11.8 Å². The molecule has 0 aliphatic heterocycles. The second kappa shape index (κ2) is 7.26. The molecule has 9 nitrogen and oxygen atoms in total. The lowest BCUT2D eigenvalue weighted by Gasteiger charge is -2.01. The van der Waals surface area contributed by atoms with Crippen LogP contribution in [0.4, 0.5) is 8.78 Å². The zero-order chi connectivity index (χ0) is 20.7. The van der Waals surface area contributed by atoms with Gasteiger partial charge >= 0.3 is 6.43 Å². The Hall–Kier alpha value is -3.73. The number of halogens is 3. The van der Waals surface area contributed by atoms with Crippen molar-refractivity contribution in [2.75, 3.05) is 0 Å². The van der Waals surface area contributed by atoms with Gasteiger partial charge in [0.1, 0.15) is 5.69 Å². The normalized spacial score (nSPS) is 11.6. The van der Waals surface area contributed by atoms with Crippen molar-refractivity contribution in [1.29, 1.82) is 0 Å². The summed E-state index contributed by atoms with van der Waals surface area (Å²) in [5, 5.41) is 15.6. The van der Waals surface area contributed by atoms with Crippen molar-refractivity contribution in [2.45, 2.75) is 13.0 Å². The minimum atomic E-state index is -2.81. The molecule has 4 aromatic heterocycles. The van der Waals surface area contributed by atoms with Crippen molar-refractivity contribution in [3.63, 3.8) is 0 Å².